The number of anilines is 1. The van der Waals surface area contributed by atoms with Gasteiger partial charge < -0.3 is 10.6 Å². The van der Waals surface area contributed by atoms with Crippen molar-refractivity contribution >= 4 is 16.6 Å². The lowest BCUT2D eigenvalue weighted by Gasteiger charge is -2.29. The Kier molecular flexibility index (Phi) is 3.83. The van der Waals surface area contributed by atoms with Gasteiger partial charge in [0.05, 0.1) is 5.69 Å². The molecule has 1 aromatic heterocycles. The molecule has 0 atom stereocenters. The average molecular weight is 256 g/mol. The number of aromatic nitrogens is 2. The van der Waals surface area contributed by atoms with Gasteiger partial charge in [-0.15, -0.1) is 0 Å². The number of nitrogens with zero attached hydrogens (tertiary/aromatic N) is 3. The summed E-state index contributed by atoms with van der Waals surface area (Å²) in [5.41, 5.74) is 7.95. The van der Waals surface area contributed by atoms with Crippen LogP contribution in [0.25, 0.3) is 0 Å². The van der Waals surface area contributed by atoms with E-state index in [1.807, 2.05) is 18.7 Å². The van der Waals surface area contributed by atoms with E-state index < -0.39 is 10.8 Å². The fourth-order valence-electron chi connectivity index (χ4n) is 2.37. The Hall–Kier alpha value is -0.880. The molecule has 0 saturated carbocycles. The van der Waals surface area contributed by atoms with Gasteiger partial charge >= 0.3 is 0 Å². The smallest absolute Gasteiger partial charge is 0.130 e. The zero-order valence-corrected chi connectivity index (χ0v) is 11.3. The van der Waals surface area contributed by atoms with Crippen molar-refractivity contribution in [2.24, 2.45) is 12.8 Å². The van der Waals surface area contributed by atoms with Crippen LogP contribution in [0.2, 0.25) is 0 Å². The highest BCUT2D eigenvalue weighted by atomic mass is 32.2. The molecular formula is C11H20N4OS. The summed E-state index contributed by atoms with van der Waals surface area (Å²) in [6, 6.07) is 0. The van der Waals surface area contributed by atoms with E-state index in [1.165, 1.54) is 5.56 Å². The summed E-state index contributed by atoms with van der Waals surface area (Å²) in [4.78, 5) is 2.28. The van der Waals surface area contributed by atoms with Gasteiger partial charge in [0.15, 0.2) is 0 Å². The average Bonchev–Trinajstić information content (AvgIpc) is 2.56. The Morgan fingerprint density at radius 3 is 2.65 bits per heavy atom. The van der Waals surface area contributed by atoms with Gasteiger partial charge in [-0.1, -0.05) is 0 Å². The first-order valence-corrected chi connectivity index (χ1v) is 7.44. The molecule has 0 spiro atoms. The molecule has 1 saturated heterocycles. The fraction of sp³-hybridized carbons (Fsp3) is 0.727. The van der Waals surface area contributed by atoms with Crippen LogP contribution in [-0.4, -0.2) is 45.1 Å². The quantitative estimate of drug-likeness (QED) is 0.813. The minimum Gasteiger partial charge on any atom is -0.355 e. The summed E-state index contributed by atoms with van der Waals surface area (Å²) in [6.45, 7) is 4.36. The SMILES string of the molecule is Cc1nn(C)c(N2CCS(=O)CC2)c1CCN. The maximum Gasteiger partial charge on any atom is 0.130 e. The van der Waals surface area contributed by atoms with E-state index in [-0.39, 0.29) is 0 Å². The van der Waals surface area contributed by atoms with E-state index in [2.05, 4.69) is 10.00 Å². The third kappa shape index (κ3) is 2.52. The van der Waals surface area contributed by atoms with Gasteiger partial charge in [-0.25, -0.2) is 0 Å². The monoisotopic (exact) mass is 256 g/mol. The van der Waals surface area contributed by atoms with Crippen LogP contribution in [0.4, 0.5) is 5.82 Å². The Bertz CT molecular complexity index is 419. The highest BCUT2D eigenvalue weighted by Crippen LogP contribution is 2.24. The molecule has 0 aromatic carbocycles. The zero-order chi connectivity index (χ0) is 12.4. The van der Waals surface area contributed by atoms with Gasteiger partial charge in [0, 0.05) is 48.0 Å². The second kappa shape index (κ2) is 5.18. The molecule has 1 aromatic rings. The molecule has 17 heavy (non-hydrogen) atoms. The van der Waals surface area contributed by atoms with Gasteiger partial charge in [0.25, 0.3) is 0 Å². The molecule has 0 amide bonds. The van der Waals surface area contributed by atoms with Gasteiger partial charge in [-0.3, -0.25) is 8.89 Å². The molecule has 2 heterocycles. The highest BCUT2D eigenvalue weighted by Gasteiger charge is 2.22. The van der Waals surface area contributed by atoms with Crippen molar-refractivity contribution in [1.82, 2.24) is 9.78 Å². The standard InChI is InChI=1S/C11H20N4OS/c1-9-10(3-4-12)11(14(2)13-9)15-5-7-17(16)8-6-15/h3-8,12H2,1-2H3. The van der Waals surface area contributed by atoms with E-state index in [4.69, 9.17) is 5.73 Å². The van der Waals surface area contributed by atoms with E-state index in [1.54, 1.807) is 0 Å². The summed E-state index contributed by atoms with van der Waals surface area (Å²) in [7, 11) is 1.33. The second-order valence-corrected chi connectivity index (χ2v) is 6.08. The molecule has 1 aliphatic rings. The molecule has 0 aliphatic carbocycles. The van der Waals surface area contributed by atoms with Gasteiger partial charge in [0.1, 0.15) is 5.82 Å². The molecule has 5 nitrogen and oxygen atoms in total. The number of hydrogen-bond donors (Lipinski definition) is 1. The molecule has 2 N–H and O–H groups in total. The minimum atomic E-state index is -0.641. The zero-order valence-electron chi connectivity index (χ0n) is 10.5. The maximum absolute atomic E-state index is 11.4. The lowest BCUT2D eigenvalue weighted by molar-refractivity contribution is 0.664. The number of rotatable bonds is 3. The van der Waals surface area contributed by atoms with E-state index in [9.17, 15) is 4.21 Å². The Morgan fingerprint density at radius 1 is 1.41 bits per heavy atom. The third-order valence-electron chi connectivity index (χ3n) is 3.18. The molecule has 96 valence electrons. The van der Waals surface area contributed by atoms with Crippen molar-refractivity contribution < 1.29 is 4.21 Å². The maximum atomic E-state index is 11.4. The van der Waals surface area contributed by atoms with Crippen molar-refractivity contribution in [2.75, 3.05) is 36.0 Å². The van der Waals surface area contributed by atoms with E-state index >= 15 is 0 Å². The lowest BCUT2D eigenvalue weighted by atomic mass is 10.1. The number of hydrogen-bond acceptors (Lipinski definition) is 4. The minimum absolute atomic E-state index is 0.638. The molecule has 1 aliphatic heterocycles. The molecule has 0 radical (unpaired) electrons. The Balaban J connectivity index is 2.27. The predicted molar refractivity (Wildman–Crippen MR) is 70.8 cm³/mol. The highest BCUT2D eigenvalue weighted by molar-refractivity contribution is 7.85. The van der Waals surface area contributed by atoms with Crippen LogP contribution >= 0.6 is 0 Å². The summed E-state index contributed by atoms with van der Waals surface area (Å²) in [6.07, 6.45) is 0.856. The molecule has 0 unspecified atom stereocenters. The van der Waals surface area contributed by atoms with Crippen molar-refractivity contribution in [1.29, 1.82) is 0 Å². The van der Waals surface area contributed by atoms with Crippen molar-refractivity contribution in [3.63, 3.8) is 0 Å². The summed E-state index contributed by atoms with van der Waals surface area (Å²) in [5.74, 6) is 2.67. The third-order valence-corrected chi connectivity index (χ3v) is 4.46. The first-order chi connectivity index (χ1) is 8.13. The van der Waals surface area contributed by atoms with E-state index in [0.29, 0.717) is 6.54 Å². The summed E-state index contributed by atoms with van der Waals surface area (Å²) < 4.78 is 13.3. The Labute approximate surface area is 104 Å². The van der Waals surface area contributed by atoms with Crippen LogP contribution in [0, 0.1) is 6.92 Å². The van der Waals surface area contributed by atoms with Crippen LogP contribution in [0.1, 0.15) is 11.3 Å². The lowest BCUT2D eigenvalue weighted by Crippen LogP contribution is -2.39. The first-order valence-electron chi connectivity index (χ1n) is 5.96. The van der Waals surface area contributed by atoms with Crippen LogP contribution in [0.15, 0.2) is 0 Å². The van der Waals surface area contributed by atoms with Crippen LogP contribution in [-0.2, 0) is 24.3 Å². The number of nitrogens with two attached hydrogens (primary N) is 1. The first kappa shape index (κ1) is 12.6. The van der Waals surface area contributed by atoms with Gasteiger partial charge in [-0.05, 0) is 19.9 Å². The normalized spacial score (nSPS) is 17.7. The van der Waals surface area contributed by atoms with E-state index in [0.717, 1.165) is 42.5 Å². The van der Waals surface area contributed by atoms with Crippen molar-refractivity contribution in [3.05, 3.63) is 11.3 Å². The van der Waals surface area contributed by atoms with Crippen LogP contribution in [0.3, 0.4) is 0 Å². The largest absolute Gasteiger partial charge is 0.355 e. The number of aryl methyl sites for hydroxylation is 2. The summed E-state index contributed by atoms with van der Waals surface area (Å²) >= 11 is 0. The van der Waals surface area contributed by atoms with Crippen molar-refractivity contribution in [3.8, 4) is 0 Å². The molecule has 2 rings (SSSR count). The Morgan fingerprint density at radius 2 is 2.06 bits per heavy atom. The molecule has 6 heteroatoms. The van der Waals surface area contributed by atoms with Crippen LogP contribution in [0.5, 0.6) is 0 Å². The molecule has 1 fully saturated rings. The topological polar surface area (TPSA) is 64.2 Å². The van der Waals surface area contributed by atoms with Gasteiger partial charge in [-0.2, -0.15) is 5.10 Å². The molecule has 0 bridgehead atoms. The molecular weight excluding hydrogens is 236 g/mol. The van der Waals surface area contributed by atoms with Crippen LogP contribution < -0.4 is 10.6 Å². The fourth-order valence-corrected chi connectivity index (χ4v) is 3.42. The summed E-state index contributed by atoms with van der Waals surface area (Å²) in [5, 5.41) is 4.47. The second-order valence-electron chi connectivity index (χ2n) is 4.38. The predicted octanol–water partition coefficient (Wildman–Crippen LogP) is -0.202. The van der Waals surface area contributed by atoms with Crippen molar-refractivity contribution in [2.45, 2.75) is 13.3 Å². The van der Waals surface area contributed by atoms with Gasteiger partial charge in [0.2, 0.25) is 0 Å².